The van der Waals surface area contributed by atoms with Crippen LogP contribution in [0.3, 0.4) is 0 Å². The maximum Gasteiger partial charge on any atom is 0.248 e. The molecule has 1 amide bonds. The molecule has 0 radical (unpaired) electrons. The molecule has 2 aromatic carbocycles. The molecule has 5 heteroatoms. The maximum atomic E-state index is 12.2. The average molecular weight is 411 g/mol. The van der Waals surface area contributed by atoms with Crippen molar-refractivity contribution in [3.05, 3.63) is 65.2 Å². The van der Waals surface area contributed by atoms with Crippen LogP contribution in [0.1, 0.15) is 41.9 Å². The van der Waals surface area contributed by atoms with E-state index in [2.05, 4.69) is 61.3 Å². The van der Waals surface area contributed by atoms with E-state index in [1.807, 2.05) is 6.07 Å². The second kappa shape index (κ2) is 11.1. The molecule has 0 saturated heterocycles. The predicted molar refractivity (Wildman–Crippen MR) is 120 cm³/mol. The number of aliphatic hydroxyl groups excluding tert-OH is 1. The first-order valence-corrected chi connectivity index (χ1v) is 10.9. The van der Waals surface area contributed by atoms with Crippen LogP contribution in [-0.4, -0.2) is 60.7 Å². The number of hydrogen-bond donors (Lipinski definition) is 1. The molecule has 2 aromatic rings. The molecule has 162 valence electrons. The third kappa shape index (κ3) is 6.31. The summed E-state index contributed by atoms with van der Waals surface area (Å²) in [5, 5.41) is 9.37. The van der Waals surface area contributed by atoms with Gasteiger partial charge in [0.2, 0.25) is 5.91 Å². The van der Waals surface area contributed by atoms with Gasteiger partial charge in [-0.1, -0.05) is 48.0 Å². The number of aryl methyl sites for hydroxylation is 1. The SMILES string of the molecule is Cc1ccc2c(c1)CN(C)CCC(c1ccccc1)CCCN(C(=O)CO)CCO2. The lowest BCUT2D eigenvalue weighted by Crippen LogP contribution is -2.37. The Morgan fingerprint density at radius 2 is 1.90 bits per heavy atom. The van der Waals surface area contributed by atoms with Crippen molar-refractivity contribution in [1.82, 2.24) is 9.80 Å². The van der Waals surface area contributed by atoms with E-state index in [1.54, 1.807) is 4.90 Å². The molecular formula is C25H34N2O3. The van der Waals surface area contributed by atoms with Crippen molar-refractivity contribution in [2.75, 3.05) is 39.9 Å². The number of aliphatic hydroxyl groups is 1. The molecule has 5 nitrogen and oxygen atoms in total. The van der Waals surface area contributed by atoms with Gasteiger partial charge in [-0.05, 0) is 57.3 Å². The minimum Gasteiger partial charge on any atom is -0.491 e. The van der Waals surface area contributed by atoms with E-state index in [4.69, 9.17) is 4.74 Å². The van der Waals surface area contributed by atoms with Crippen molar-refractivity contribution in [2.45, 2.75) is 38.6 Å². The van der Waals surface area contributed by atoms with Gasteiger partial charge in [-0.2, -0.15) is 0 Å². The van der Waals surface area contributed by atoms with E-state index >= 15 is 0 Å². The monoisotopic (exact) mass is 410 g/mol. The second-order valence-electron chi connectivity index (χ2n) is 8.27. The van der Waals surface area contributed by atoms with Crippen molar-refractivity contribution in [2.24, 2.45) is 0 Å². The average Bonchev–Trinajstić information content (AvgIpc) is 2.75. The first kappa shape index (κ1) is 22.3. The van der Waals surface area contributed by atoms with Crippen LogP contribution in [0.25, 0.3) is 0 Å². The van der Waals surface area contributed by atoms with Crippen LogP contribution in [0.4, 0.5) is 0 Å². The zero-order valence-electron chi connectivity index (χ0n) is 18.2. The number of benzene rings is 2. The van der Waals surface area contributed by atoms with Crippen molar-refractivity contribution >= 4 is 5.91 Å². The van der Waals surface area contributed by atoms with Gasteiger partial charge < -0.3 is 19.6 Å². The van der Waals surface area contributed by atoms with Crippen LogP contribution >= 0.6 is 0 Å². The Bertz CT molecular complexity index is 809. The first-order valence-electron chi connectivity index (χ1n) is 10.9. The Morgan fingerprint density at radius 3 is 2.67 bits per heavy atom. The molecule has 0 aromatic heterocycles. The summed E-state index contributed by atoms with van der Waals surface area (Å²) in [5.41, 5.74) is 3.74. The van der Waals surface area contributed by atoms with Gasteiger partial charge in [0.15, 0.2) is 0 Å². The van der Waals surface area contributed by atoms with Crippen molar-refractivity contribution < 1.29 is 14.6 Å². The number of amides is 1. The van der Waals surface area contributed by atoms with E-state index in [-0.39, 0.29) is 5.91 Å². The minimum atomic E-state index is -0.456. The summed E-state index contributed by atoms with van der Waals surface area (Å²) in [6.45, 7) is 5.01. The Kier molecular flexibility index (Phi) is 8.29. The normalized spacial score (nSPS) is 19.4. The van der Waals surface area contributed by atoms with Gasteiger partial charge in [0, 0.05) is 18.7 Å². The fourth-order valence-electron chi connectivity index (χ4n) is 4.18. The fraction of sp³-hybridized carbons (Fsp3) is 0.480. The number of fused-ring (bicyclic) bond motifs is 1. The van der Waals surface area contributed by atoms with E-state index in [9.17, 15) is 9.90 Å². The molecule has 0 fully saturated rings. The summed E-state index contributed by atoms with van der Waals surface area (Å²) in [4.78, 5) is 16.3. The van der Waals surface area contributed by atoms with E-state index in [0.29, 0.717) is 25.6 Å². The van der Waals surface area contributed by atoms with Crippen molar-refractivity contribution in [1.29, 1.82) is 0 Å². The number of ether oxygens (including phenoxy) is 1. The Balaban J connectivity index is 1.81. The standard InChI is InChI=1S/C25H34N2O3/c1-20-10-11-24-23(17-20)18-26(2)14-12-22(21-7-4-3-5-8-21)9-6-13-27(15-16-30-24)25(29)19-28/h3-5,7-8,10-11,17,22,28H,6,9,12-16,18-19H2,1-2H3. The molecular weight excluding hydrogens is 376 g/mol. The lowest BCUT2D eigenvalue weighted by atomic mass is 9.91. The van der Waals surface area contributed by atoms with Crippen LogP contribution in [0.15, 0.2) is 48.5 Å². The number of carbonyl (C=O) groups is 1. The van der Waals surface area contributed by atoms with Crippen LogP contribution in [0, 0.1) is 6.92 Å². The van der Waals surface area contributed by atoms with Crippen LogP contribution in [-0.2, 0) is 11.3 Å². The van der Waals surface area contributed by atoms with Gasteiger partial charge in [-0.25, -0.2) is 0 Å². The third-order valence-electron chi connectivity index (χ3n) is 5.87. The second-order valence-corrected chi connectivity index (χ2v) is 8.27. The van der Waals surface area contributed by atoms with Gasteiger partial charge in [0.25, 0.3) is 0 Å². The smallest absolute Gasteiger partial charge is 0.248 e. The van der Waals surface area contributed by atoms with Gasteiger partial charge >= 0.3 is 0 Å². The molecule has 1 aliphatic heterocycles. The molecule has 0 aliphatic carbocycles. The molecule has 3 rings (SSSR count). The Hall–Kier alpha value is -2.37. The van der Waals surface area contributed by atoms with Crippen LogP contribution < -0.4 is 4.74 Å². The molecule has 1 heterocycles. The highest BCUT2D eigenvalue weighted by Crippen LogP contribution is 2.27. The van der Waals surface area contributed by atoms with Crippen LogP contribution in [0.5, 0.6) is 5.75 Å². The minimum absolute atomic E-state index is 0.231. The topological polar surface area (TPSA) is 53.0 Å². The lowest BCUT2D eigenvalue weighted by Gasteiger charge is -2.27. The van der Waals surface area contributed by atoms with Gasteiger partial charge in [-0.15, -0.1) is 0 Å². The molecule has 0 saturated carbocycles. The molecule has 0 bridgehead atoms. The Morgan fingerprint density at radius 1 is 1.10 bits per heavy atom. The summed E-state index contributed by atoms with van der Waals surface area (Å²) in [6, 6.07) is 16.9. The highest BCUT2D eigenvalue weighted by molar-refractivity contribution is 5.77. The third-order valence-corrected chi connectivity index (χ3v) is 5.87. The summed E-state index contributed by atoms with van der Waals surface area (Å²) in [6.07, 6.45) is 2.99. The number of hydrogen-bond acceptors (Lipinski definition) is 4. The summed E-state index contributed by atoms with van der Waals surface area (Å²) >= 11 is 0. The predicted octanol–water partition coefficient (Wildman–Crippen LogP) is 3.59. The number of rotatable bonds is 2. The molecule has 1 unspecified atom stereocenters. The van der Waals surface area contributed by atoms with Crippen molar-refractivity contribution in [3.8, 4) is 5.75 Å². The molecule has 0 spiro atoms. The number of nitrogens with zero attached hydrogens (tertiary/aromatic N) is 2. The largest absolute Gasteiger partial charge is 0.491 e. The van der Waals surface area contributed by atoms with Crippen LogP contribution in [0.2, 0.25) is 0 Å². The molecule has 1 atom stereocenters. The van der Waals surface area contributed by atoms with Gasteiger partial charge in [0.1, 0.15) is 19.0 Å². The lowest BCUT2D eigenvalue weighted by molar-refractivity contribution is -0.134. The summed E-state index contributed by atoms with van der Waals surface area (Å²) < 4.78 is 6.05. The highest BCUT2D eigenvalue weighted by Gasteiger charge is 2.18. The zero-order valence-corrected chi connectivity index (χ0v) is 18.2. The summed E-state index contributed by atoms with van der Waals surface area (Å²) in [7, 11) is 2.17. The van der Waals surface area contributed by atoms with E-state index in [0.717, 1.165) is 38.1 Å². The molecule has 1 aliphatic rings. The van der Waals surface area contributed by atoms with Gasteiger partial charge in [0.05, 0.1) is 6.54 Å². The van der Waals surface area contributed by atoms with Crippen molar-refractivity contribution in [3.63, 3.8) is 0 Å². The molecule has 30 heavy (non-hydrogen) atoms. The fourth-order valence-corrected chi connectivity index (χ4v) is 4.18. The zero-order chi connectivity index (χ0) is 21.3. The van der Waals surface area contributed by atoms with E-state index < -0.39 is 6.61 Å². The first-order chi connectivity index (χ1) is 14.6. The quantitative estimate of drug-likeness (QED) is 0.822. The van der Waals surface area contributed by atoms with E-state index in [1.165, 1.54) is 16.7 Å². The Labute approximate surface area is 180 Å². The maximum absolute atomic E-state index is 12.2. The highest BCUT2D eigenvalue weighted by atomic mass is 16.5. The van der Waals surface area contributed by atoms with Gasteiger partial charge in [-0.3, -0.25) is 4.79 Å². The number of carbonyl (C=O) groups excluding carboxylic acids is 1. The molecule has 1 N–H and O–H groups in total. The summed E-state index contributed by atoms with van der Waals surface area (Å²) in [5.74, 6) is 1.10.